The Morgan fingerprint density at radius 3 is 2.90 bits per heavy atom. The summed E-state index contributed by atoms with van der Waals surface area (Å²) in [7, 11) is 0. The minimum atomic E-state index is -1.15. The molecule has 3 aromatic heterocycles. The summed E-state index contributed by atoms with van der Waals surface area (Å²) in [5.74, 6) is 0.998. The number of fused-ring (bicyclic) bond motifs is 2. The second-order valence-electron chi connectivity index (χ2n) is 6.93. The Balaban J connectivity index is 1.38. The molecular formula is C20H19N5O4. The first-order chi connectivity index (χ1) is 14.1. The summed E-state index contributed by atoms with van der Waals surface area (Å²) in [6, 6.07) is 9.28. The van der Waals surface area contributed by atoms with E-state index in [0.29, 0.717) is 22.6 Å². The van der Waals surface area contributed by atoms with Gasteiger partial charge in [0.25, 0.3) is 0 Å². The lowest BCUT2D eigenvalue weighted by molar-refractivity contribution is -0.0470. The number of hydrogen-bond acceptors (Lipinski definition) is 8. The van der Waals surface area contributed by atoms with E-state index in [-0.39, 0.29) is 6.61 Å². The van der Waals surface area contributed by atoms with Gasteiger partial charge in [0.2, 0.25) is 0 Å². The molecule has 4 atom stereocenters. The van der Waals surface area contributed by atoms with E-state index < -0.39 is 24.5 Å². The van der Waals surface area contributed by atoms with E-state index in [0.717, 1.165) is 10.8 Å². The highest BCUT2D eigenvalue weighted by Gasteiger charge is 2.44. The first kappa shape index (κ1) is 17.8. The van der Waals surface area contributed by atoms with Crippen LogP contribution in [0.1, 0.15) is 6.23 Å². The maximum Gasteiger partial charge on any atom is 0.164 e. The number of nitrogen functional groups attached to an aromatic ring is 1. The zero-order valence-electron chi connectivity index (χ0n) is 15.3. The summed E-state index contributed by atoms with van der Waals surface area (Å²) in [5.41, 5.74) is 6.40. The van der Waals surface area contributed by atoms with Gasteiger partial charge in [-0.3, -0.25) is 4.98 Å². The third-order valence-electron chi connectivity index (χ3n) is 5.20. The van der Waals surface area contributed by atoms with Gasteiger partial charge in [-0.2, -0.15) is 0 Å². The molecule has 1 fully saturated rings. The van der Waals surface area contributed by atoms with Gasteiger partial charge in [-0.05, 0) is 18.2 Å². The number of aliphatic hydroxyl groups excluding tert-OH is 2. The summed E-state index contributed by atoms with van der Waals surface area (Å²) >= 11 is 0. The van der Waals surface area contributed by atoms with Crippen LogP contribution in [0.25, 0.3) is 21.8 Å². The van der Waals surface area contributed by atoms with Crippen LogP contribution in [0.15, 0.2) is 55.2 Å². The van der Waals surface area contributed by atoms with Crippen LogP contribution in [0.3, 0.4) is 0 Å². The lowest BCUT2D eigenvalue weighted by Gasteiger charge is -2.17. The van der Waals surface area contributed by atoms with Crippen molar-refractivity contribution in [3.63, 3.8) is 0 Å². The highest BCUT2D eigenvalue weighted by molar-refractivity contribution is 5.87. The molecule has 4 aromatic rings. The van der Waals surface area contributed by atoms with Crippen molar-refractivity contribution in [2.75, 3.05) is 12.3 Å². The maximum absolute atomic E-state index is 10.6. The number of nitrogens with zero attached hydrogens (tertiary/aromatic N) is 4. The number of rotatable bonds is 4. The molecule has 1 aliphatic heterocycles. The van der Waals surface area contributed by atoms with E-state index in [9.17, 15) is 10.2 Å². The molecule has 29 heavy (non-hydrogen) atoms. The number of benzene rings is 1. The first-order valence-corrected chi connectivity index (χ1v) is 9.17. The summed E-state index contributed by atoms with van der Waals surface area (Å²) in [4.78, 5) is 12.3. The zero-order valence-corrected chi connectivity index (χ0v) is 15.3. The fraction of sp³-hybridized carbons (Fsp3) is 0.250. The third-order valence-corrected chi connectivity index (χ3v) is 5.20. The number of anilines is 1. The van der Waals surface area contributed by atoms with Crippen LogP contribution in [-0.2, 0) is 4.74 Å². The quantitative estimate of drug-likeness (QED) is 0.473. The summed E-state index contributed by atoms with van der Waals surface area (Å²) in [6.07, 6.45) is 2.71. The van der Waals surface area contributed by atoms with E-state index in [1.807, 2.05) is 24.3 Å². The second-order valence-corrected chi connectivity index (χ2v) is 6.93. The molecular weight excluding hydrogens is 374 g/mol. The molecule has 0 unspecified atom stereocenters. The van der Waals surface area contributed by atoms with Gasteiger partial charge in [0.05, 0.1) is 5.39 Å². The first-order valence-electron chi connectivity index (χ1n) is 9.17. The van der Waals surface area contributed by atoms with Crippen molar-refractivity contribution >= 4 is 27.6 Å². The van der Waals surface area contributed by atoms with Crippen LogP contribution in [0.2, 0.25) is 0 Å². The van der Waals surface area contributed by atoms with Crippen LogP contribution >= 0.6 is 0 Å². The molecule has 5 rings (SSSR count). The Labute approximate surface area is 165 Å². The van der Waals surface area contributed by atoms with E-state index in [1.165, 1.54) is 6.33 Å². The smallest absolute Gasteiger partial charge is 0.164 e. The molecule has 0 spiro atoms. The summed E-state index contributed by atoms with van der Waals surface area (Å²) < 4.78 is 13.5. The average Bonchev–Trinajstić information content (AvgIpc) is 3.29. The number of aromatic nitrogens is 4. The SMILES string of the molecule is Nc1ncnc2c1ccn2[C@@H]1O[C@H](COc2cccc3cnccc23)[C@@H](O)[C@H]1O. The number of ether oxygens (including phenoxy) is 2. The lowest BCUT2D eigenvalue weighted by atomic mass is 10.1. The highest BCUT2D eigenvalue weighted by atomic mass is 16.6. The van der Waals surface area contributed by atoms with Gasteiger partial charge in [-0.1, -0.05) is 12.1 Å². The van der Waals surface area contributed by atoms with Crippen molar-refractivity contribution < 1.29 is 19.7 Å². The highest BCUT2D eigenvalue weighted by Crippen LogP contribution is 2.33. The van der Waals surface area contributed by atoms with Crippen LogP contribution in [0, 0.1) is 0 Å². The van der Waals surface area contributed by atoms with Crippen molar-refractivity contribution in [2.24, 2.45) is 0 Å². The molecule has 9 heteroatoms. The molecule has 4 N–H and O–H groups in total. The molecule has 0 aliphatic carbocycles. The molecule has 1 saturated heterocycles. The molecule has 4 heterocycles. The van der Waals surface area contributed by atoms with Gasteiger partial charge in [0.1, 0.15) is 48.5 Å². The molecule has 0 saturated carbocycles. The summed E-state index contributed by atoms with van der Waals surface area (Å²) in [6.45, 7) is 0.0759. The zero-order chi connectivity index (χ0) is 20.0. The summed E-state index contributed by atoms with van der Waals surface area (Å²) in [5, 5.41) is 23.6. The maximum atomic E-state index is 10.6. The van der Waals surface area contributed by atoms with Crippen molar-refractivity contribution in [1.29, 1.82) is 0 Å². The largest absolute Gasteiger partial charge is 0.490 e. The molecule has 0 bridgehead atoms. The molecule has 148 valence electrons. The molecule has 9 nitrogen and oxygen atoms in total. The molecule has 1 aliphatic rings. The standard InChI is InChI=1S/C20H19N5O4/c21-18-13-5-7-25(19(13)24-10-23-18)20-17(27)16(26)15(29-20)9-28-14-3-1-2-11-8-22-6-4-12(11)14/h1-8,10,15-17,20,26-27H,9H2,(H2,21,23,24)/t15-,16-,17-,20-/m1/s1. The van der Waals surface area contributed by atoms with Gasteiger partial charge in [-0.15, -0.1) is 0 Å². The molecule has 0 radical (unpaired) electrons. The lowest BCUT2D eigenvalue weighted by Crippen LogP contribution is -2.34. The van der Waals surface area contributed by atoms with Gasteiger partial charge in [0, 0.05) is 29.4 Å². The fourth-order valence-corrected chi connectivity index (χ4v) is 3.68. The number of pyridine rings is 1. The Bertz CT molecular complexity index is 1170. The Morgan fingerprint density at radius 2 is 2.00 bits per heavy atom. The van der Waals surface area contributed by atoms with Crippen molar-refractivity contribution in [3.05, 3.63) is 55.2 Å². The Kier molecular flexibility index (Phi) is 4.27. The van der Waals surface area contributed by atoms with Crippen LogP contribution in [0.4, 0.5) is 5.82 Å². The minimum Gasteiger partial charge on any atom is -0.490 e. The van der Waals surface area contributed by atoms with Crippen LogP contribution in [0.5, 0.6) is 5.75 Å². The van der Waals surface area contributed by atoms with Gasteiger partial charge >= 0.3 is 0 Å². The minimum absolute atomic E-state index is 0.0759. The van der Waals surface area contributed by atoms with Gasteiger partial charge in [0.15, 0.2) is 6.23 Å². The van der Waals surface area contributed by atoms with Gasteiger partial charge < -0.3 is 30.0 Å². The molecule has 1 aromatic carbocycles. The third kappa shape index (κ3) is 2.96. The van der Waals surface area contributed by atoms with Gasteiger partial charge in [-0.25, -0.2) is 9.97 Å². The second kappa shape index (κ2) is 6.96. The Morgan fingerprint density at radius 1 is 1.10 bits per heavy atom. The normalized spacial score (nSPS) is 24.3. The molecule has 0 amide bonds. The van der Waals surface area contributed by atoms with E-state index in [1.54, 1.807) is 29.2 Å². The monoisotopic (exact) mass is 393 g/mol. The van der Waals surface area contributed by atoms with E-state index in [2.05, 4.69) is 15.0 Å². The van der Waals surface area contributed by atoms with Crippen LogP contribution < -0.4 is 10.5 Å². The predicted molar refractivity (Wildman–Crippen MR) is 105 cm³/mol. The van der Waals surface area contributed by atoms with Crippen molar-refractivity contribution in [2.45, 2.75) is 24.5 Å². The predicted octanol–water partition coefficient (Wildman–Crippen LogP) is 1.26. The Hall–Kier alpha value is -3.27. The van der Waals surface area contributed by atoms with E-state index >= 15 is 0 Å². The van der Waals surface area contributed by atoms with Crippen molar-refractivity contribution in [3.8, 4) is 5.75 Å². The van der Waals surface area contributed by atoms with Crippen LogP contribution in [-0.4, -0.2) is 54.7 Å². The van der Waals surface area contributed by atoms with E-state index in [4.69, 9.17) is 15.2 Å². The topological polar surface area (TPSA) is 129 Å². The number of aliphatic hydroxyl groups is 2. The van der Waals surface area contributed by atoms with Crippen molar-refractivity contribution in [1.82, 2.24) is 19.5 Å². The fourth-order valence-electron chi connectivity index (χ4n) is 3.68. The number of nitrogens with two attached hydrogens (primary N) is 1. The average molecular weight is 393 g/mol. The number of hydrogen-bond donors (Lipinski definition) is 3.